The van der Waals surface area contributed by atoms with Gasteiger partial charge in [-0.3, -0.25) is 4.98 Å². The van der Waals surface area contributed by atoms with Crippen molar-refractivity contribution >= 4 is 22.2 Å². The third-order valence-electron chi connectivity index (χ3n) is 2.73. The van der Waals surface area contributed by atoms with Gasteiger partial charge in [-0.1, -0.05) is 12.1 Å². The van der Waals surface area contributed by atoms with Gasteiger partial charge in [0.05, 0.1) is 5.52 Å². The fourth-order valence-electron chi connectivity index (χ4n) is 2.00. The largest absolute Gasteiger partial charge is 0.434 e. The summed E-state index contributed by atoms with van der Waals surface area (Å²) in [5.41, 5.74) is 1.42. The van der Waals surface area contributed by atoms with E-state index in [2.05, 4.69) is 9.72 Å². The van der Waals surface area contributed by atoms with Crippen LogP contribution in [0.25, 0.3) is 21.3 Å². The molecule has 0 spiro atoms. The zero-order valence-electron chi connectivity index (χ0n) is 9.72. The van der Waals surface area contributed by atoms with E-state index in [-0.39, 0.29) is 5.75 Å². The van der Waals surface area contributed by atoms with Gasteiger partial charge in [-0.25, -0.2) is 0 Å². The van der Waals surface area contributed by atoms with Gasteiger partial charge in [0.25, 0.3) is 0 Å². The molecule has 5 heteroatoms. The zero-order chi connectivity index (χ0) is 13.2. The highest BCUT2D eigenvalue weighted by Crippen LogP contribution is 2.39. The number of halogens is 2. The van der Waals surface area contributed by atoms with Crippen LogP contribution in [-0.2, 0) is 0 Å². The molecule has 0 atom stereocenters. The number of thiophene rings is 1. The number of hydrogen-bond acceptors (Lipinski definition) is 3. The highest BCUT2D eigenvalue weighted by molar-refractivity contribution is 7.13. The molecule has 3 rings (SSSR count). The fourth-order valence-corrected chi connectivity index (χ4v) is 2.79. The lowest BCUT2D eigenvalue weighted by molar-refractivity contribution is -0.0493. The van der Waals surface area contributed by atoms with Crippen LogP contribution in [0.4, 0.5) is 8.78 Å². The first-order valence-electron chi connectivity index (χ1n) is 5.62. The number of ether oxygens (including phenoxy) is 1. The molecule has 0 fully saturated rings. The van der Waals surface area contributed by atoms with Crippen molar-refractivity contribution < 1.29 is 13.5 Å². The van der Waals surface area contributed by atoms with Gasteiger partial charge in [0.2, 0.25) is 0 Å². The number of aromatic nitrogens is 1. The van der Waals surface area contributed by atoms with E-state index in [1.54, 1.807) is 18.3 Å². The summed E-state index contributed by atoms with van der Waals surface area (Å²) in [4.78, 5) is 5.12. The molecule has 96 valence electrons. The van der Waals surface area contributed by atoms with E-state index in [1.165, 1.54) is 17.4 Å². The molecule has 0 saturated heterocycles. The molecule has 0 bridgehead atoms. The Labute approximate surface area is 112 Å². The second kappa shape index (κ2) is 4.93. The van der Waals surface area contributed by atoms with Crippen molar-refractivity contribution in [2.45, 2.75) is 6.61 Å². The molecule has 0 aliphatic carbocycles. The third kappa shape index (κ3) is 2.29. The highest BCUT2D eigenvalue weighted by atomic mass is 32.1. The Hall–Kier alpha value is -2.01. The average molecular weight is 277 g/mol. The molecule has 3 aromatic rings. The summed E-state index contributed by atoms with van der Waals surface area (Å²) in [5.74, 6) is 0.179. The summed E-state index contributed by atoms with van der Waals surface area (Å²) in [6, 6.07) is 10.6. The zero-order valence-corrected chi connectivity index (χ0v) is 10.5. The minimum atomic E-state index is -2.84. The third-order valence-corrected chi connectivity index (χ3v) is 3.62. The lowest BCUT2D eigenvalue weighted by atomic mass is 10.1. The maximum absolute atomic E-state index is 12.5. The maximum atomic E-state index is 12.5. The number of fused-ring (bicyclic) bond motifs is 1. The van der Waals surface area contributed by atoms with Crippen LogP contribution in [0.15, 0.2) is 48.0 Å². The first-order valence-corrected chi connectivity index (χ1v) is 6.50. The molecular weight excluding hydrogens is 268 g/mol. The fraction of sp³-hybridized carbons (Fsp3) is 0.0714. The second-order valence-corrected chi connectivity index (χ2v) is 4.81. The van der Waals surface area contributed by atoms with Crippen molar-refractivity contribution in [3.63, 3.8) is 0 Å². The molecule has 2 heterocycles. The average Bonchev–Trinajstić information content (AvgIpc) is 2.91. The number of pyridine rings is 1. The number of nitrogens with zero attached hydrogens (tertiary/aromatic N) is 1. The molecule has 2 aromatic heterocycles. The summed E-state index contributed by atoms with van der Waals surface area (Å²) in [5, 5.41) is 2.71. The number of benzene rings is 1. The van der Waals surface area contributed by atoms with E-state index < -0.39 is 6.61 Å². The summed E-state index contributed by atoms with van der Waals surface area (Å²) in [6.45, 7) is -2.84. The molecule has 0 N–H and O–H groups in total. The van der Waals surface area contributed by atoms with Crippen molar-refractivity contribution in [1.29, 1.82) is 0 Å². The molecule has 0 saturated carbocycles. The van der Waals surface area contributed by atoms with Gasteiger partial charge in [-0.05, 0) is 29.6 Å². The molecule has 1 aromatic carbocycles. The Balaban J connectivity index is 2.28. The SMILES string of the molecule is FC(F)Oc1ccc2ncccc2c1-c1cccs1. The van der Waals surface area contributed by atoms with Gasteiger partial charge in [0, 0.05) is 22.0 Å². The van der Waals surface area contributed by atoms with Crippen LogP contribution in [0.1, 0.15) is 0 Å². The van der Waals surface area contributed by atoms with E-state index >= 15 is 0 Å². The molecule has 0 aliphatic rings. The maximum Gasteiger partial charge on any atom is 0.387 e. The van der Waals surface area contributed by atoms with Gasteiger partial charge in [-0.15, -0.1) is 11.3 Å². The van der Waals surface area contributed by atoms with E-state index in [1.807, 2.05) is 23.6 Å². The van der Waals surface area contributed by atoms with Gasteiger partial charge >= 0.3 is 6.61 Å². The Morgan fingerprint density at radius 3 is 2.74 bits per heavy atom. The van der Waals surface area contributed by atoms with E-state index in [0.717, 1.165) is 15.8 Å². The highest BCUT2D eigenvalue weighted by Gasteiger charge is 2.15. The van der Waals surface area contributed by atoms with Gasteiger partial charge < -0.3 is 4.74 Å². The van der Waals surface area contributed by atoms with Gasteiger partial charge in [0.1, 0.15) is 5.75 Å². The Morgan fingerprint density at radius 2 is 2.00 bits per heavy atom. The Morgan fingerprint density at radius 1 is 1.11 bits per heavy atom. The number of alkyl halides is 2. The summed E-state index contributed by atoms with van der Waals surface area (Å²) in [6.07, 6.45) is 1.67. The summed E-state index contributed by atoms with van der Waals surface area (Å²) in [7, 11) is 0. The summed E-state index contributed by atoms with van der Waals surface area (Å²) >= 11 is 1.48. The molecule has 19 heavy (non-hydrogen) atoms. The standard InChI is InChI=1S/C14H9F2NOS/c15-14(16)18-11-6-5-10-9(3-1-7-17-10)13(11)12-4-2-8-19-12/h1-8,14H. The predicted octanol–water partition coefficient (Wildman–Crippen LogP) is 4.56. The monoisotopic (exact) mass is 277 g/mol. The lowest BCUT2D eigenvalue weighted by Gasteiger charge is -2.12. The Bertz CT molecular complexity index is 698. The van der Waals surface area contributed by atoms with Crippen LogP contribution in [0.3, 0.4) is 0 Å². The number of hydrogen-bond donors (Lipinski definition) is 0. The normalized spacial score (nSPS) is 11.1. The van der Waals surface area contributed by atoms with Crippen LogP contribution in [0.5, 0.6) is 5.75 Å². The van der Waals surface area contributed by atoms with Gasteiger partial charge in [0.15, 0.2) is 0 Å². The van der Waals surface area contributed by atoms with Crippen molar-refractivity contribution in [1.82, 2.24) is 4.98 Å². The van der Waals surface area contributed by atoms with E-state index in [0.29, 0.717) is 5.56 Å². The number of rotatable bonds is 3. The second-order valence-electron chi connectivity index (χ2n) is 3.86. The molecular formula is C14H9F2NOS. The predicted molar refractivity (Wildman–Crippen MR) is 71.7 cm³/mol. The van der Waals surface area contributed by atoms with E-state index in [4.69, 9.17) is 0 Å². The van der Waals surface area contributed by atoms with Crippen LogP contribution in [0, 0.1) is 0 Å². The molecule has 0 aliphatic heterocycles. The van der Waals surface area contributed by atoms with Crippen molar-refractivity contribution in [2.75, 3.05) is 0 Å². The first kappa shape index (κ1) is 12.0. The van der Waals surface area contributed by atoms with E-state index in [9.17, 15) is 8.78 Å². The molecule has 0 unspecified atom stereocenters. The summed E-state index contributed by atoms with van der Waals surface area (Å²) < 4.78 is 29.6. The quantitative estimate of drug-likeness (QED) is 0.700. The molecule has 0 radical (unpaired) electrons. The topological polar surface area (TPSA) is 22.1 Å². The minimum Gasteiger partial charge on any atom is -0.434 e. The molecule has 2 nitrogen and oxygen atoms in total. The van der Waals surface area contributed by atoms with Crippen LogP contribution in [-0.4, -0.2) is 11.6 Å². The smallest absolute Gasteiger partial charge is 0.387 e. The first-order chi connectivity index (χ1) is 9.25. The van der Waals surface area contributed by atoms with Crippen molar-refractivity contribution in [3.8, 4) is 16.2 Å². The van der Waals surface area contributed by atoms with Crippen LogP contribution in [0.2, 0.25) is 0 Å². The molecule has 0 amide bonds. The van der Waals surface area contributed by atoms with Crippen LogP contribution >= 0.6 is 11.3 Å². The van der Waals surface area contributed by atoms with Gasteiger partial charge in [-0.2, -0.15) is 8.78 Å². The minimum absolute atomic E-state index is 0.179. The van der Waals surface area contributed by atoms with Crippen molar-refractivity contribution in [2.24, 2.45) is 0 Å². The van der Waals surface area contributed by atoms with Crippen LogP contribution < -0.4 is 4.74 Å². The van der Waals surface area contributed by atoms with Crippen molar-refractivity contribution in [3.05, 3.63) is 48.0 Å². The Kier molecular flexibility index (Phi) is 3.13. The lowest BCUT2D eigenvalue weighted by Crippen LogP contribution is -2.03.